The van der Waals surface area contributed by atoms with E-state index in [4.69, 9.17) is 0 Å². The highest BCUT2D eigenvalue weighted by molar-refractivity contribution is 5.32. The second-order valence-electron chi connectivity index (χ2n) is 5.57. The van der Waals surface area contributed by atoms with Crippen LogP contribution >= 0.6 is 0 Å². The highest BCUT2D eigenvalue weighted by Crippen LogP contribution is 2.25. The fourth-order valence-electron chi connectivity index (χ4n) is 2.66. The molecule has 2 rings (SSSR count). The molecule has 0 spiro atoms. The van der Waals surface area contributed by atoms with Crippen molar-refractivity contribution in [1.29, 1.82) is 0 Å². The maximum absolute atomic E-state index is 10.2. The Bertz CT molecular complexity index is 361. The standard InChI is InChI=1S/C15H23NO/c1-15(2,17)14-9-4-3-7-12(14)11-13-8-5-6-10-16-13/h3-4,7,9,13,16-17H,5-6,8,10-11H2,1-2H3. The van der Waals surface area contributed by atoms with Crippen LogP contribution in [0.2, 0.25) is 0 Å². The molecule has 2 heteroatoms. The number of benzene rings is 1. The Balaban J connectivity index is 2.14. The molecule has 1 aromatic carbocycles. The third kappa shape index (κ3) is 3.30. The summed E-state index contributed by atoms with van der Waals surface area (Å²) in [6, 6.07) is 8.83. The van der Waals surface area contributed by atoms with E-state index in [9.17, 15) is 5.11 Å². The summed E-state index contributed by atoms with van der Waals surface area (Å²) in [5.41, 5.74) is 1.59. The van der Waals surface area contributed by atoms with Crippen molar-refractivity contribution in [1.82, 2.24) is 5.32 Å². The highest BCUT2D eigenvalue weighted by Gasteiger charge is 2.21. The normalized spacial score (nSPS) is 21.5. The Morgan fingerprint density at radius 1 is 1.29 bits per heavy atom. The van der Waals surface area contributed by atoms with E-state index in [0.717, 1.165) is 18.5 Å². The second-order valence-corrected chi connectivity index (χ2v) is 5.57. The van der Waals surface area contributed by atoms with E-state index in [2.05, 4.69) is 17.4 Å². The first-order valence-electron chi connectivity index (χ1n) is 6.61. The van der Waals surface area contributed by atoms with Crippen molar-refractivity contribution < 1.29 is 5.11 Å². The topological polar surface area (TPSA) is 32.3 Å². The van der Waals surface area contributed by atoms with Gasteiger partial charge in [-0.3, -0.25) is 0 Å². The summed E-state index contributed by atoms with van der Waals surface area (Å²) in [4.78, 5) is 0. The first-order valence-corrected chi connectivity index (χ1v) is 6.61. The maximum atomic E-state index is 10.2. The fourth-order valence-corrected chi connectivity index (χ4v) is 2.66. The molecular weight excluding hydrogens is 210 g/mol. The molecule has 94 valence electrons. The molecule has 2 N–H and O–H groups in total. The molecule has 0 radical (unpaired) electrons. The summed E-state index contributed by atoms with van der Waals surface area (Å²) >= 11 is 0. The quantitative estimate of drug-likeness (QED) is 0.841. The molecule has 1 atom stereocenters. The molecule has 2 nitrogen and oxygen atoms in total. The molecule has 0 amide bonds. The first kappa shape index (κ1) is 12.6. The van der Waals surface area contributed by atoms with Crippen LogP contribution in [0.5, 0.6) is 0 Å². The lowest BCUT2D eigenvalue weighted by Crippen LogP contribution is -2.36. The van der Waals surface area contributed by atoms with Crippen LogP contribution in [-0.2, 0) is 12.0 Å². The molecule has 1 aliphatic heterocycles. The minimum Gasteiger partial charge on any atom is -0.386 e. The van der Waals surface area contributed by atoms with Crippen LogP contribution in [0.25, 0.3) is 0 Å². The molecule has 1 saturated heterocycles. The number of aliphatic hydroxyl groups is 1. The number of hydrogen-bond acceptors (Lipinski definition) is 2. The predicted molar refractivity (Wildman–Crippen MR) is 71.0 cm³/mol. The lowest BCUT2D eigenvalue weighted by atomic mass is 9.88. The average molecular weight is 233 g/mol. The molecule has 1 heterocycles. The summed E-state index contributed by atoms with van der Waals surface area (Å²) in [6.07, 6.45) is 4.90. The van der Waals surface area contributed by atoms with Crippen molar-refractivity contribution in [2.75, 3.05) is 6.54 Å². The van der Waals surface area contributed by atoms with Gasteiger partial charge in [0, 0.05) is 6.04 Å². The van der Waals surface area contributed by atoms with Gasteiger partial charge in [-0.15, -0.1) is 0 Å². The maximum Gasteiger partial charge on any atom is 0.0843 e. The van der Waals surface area contributed by atoms with Crippen molar-refractivity contribution in [3.05, 3.63) is 35.4 Å². The van der Waals surface area contributed by atoms with Crippen LogP contribution in [0, 0.1) is 0 Å². The van der Waals surface area contributed by atoms with Gasteiger partial charge >= 0.3 is 0 Å². The van der Waals surface area contributed by atoms with E-state index >= 15 is 0 Å². The zero-order chi connectivity index (χ0) is 12.3. The van der Waals surface area contributed by atoms with Crippen LogP contribution in [0.1, 0.15) is 44.2 Å². The van der Waals surface area contributed by atoms with Crippen molar-refractivity contribution in [3.63, 3.8) is 0 Å². The smallest absolute Gasteiger partial charge is 0.0843 e. The van der Waals surface area contributed by atoms with E-state index < -0.39 is 5.60 Å². The number of hydrogen-bond donors (Lipinski definition) is 2. The minimum absolute atomic E-state index is 0.576. The predicted octanol–water partition coefficient (Wildman–Crippen LogP) is 2.60. The van der Waals surface area contributed by atoms with Crippen LogP contribution in [0.15, 0.2) is 24.3 Å². The van der Waals surface area contributed by atoms with Crippen molar-refractivity contribution in [2.24, 2.45) is 0 Å². The van der Waals surface area contributed by atoms with E-state index in [-0.39, 0.29) is 0 Å². The number of nitrogens with one attached hydrogen (secondary N) is 1. The van der Waals surface area contributed by atoms with E-state index in [1.54, 1.807) is 0 Å². The van der Waals surface area contributed by atoms with Gasteiger partial charge in [-0.25, -0.2) is 0 Å². The molecule has 0 bridgehead atoms. The SMILES string of the molecule is CC(C)(O)c1ccccc1CC1CCCCN1. The molecule has 1 fully saturated rings. The van der Waals surface area contributed by atoms with Crippen LogP contribution in [0.4, 0.5) is 0 Å². The lowest BCUT2D eigenvalue weighted by molar-refractivity contribution is 0.0774. The van der Waals surface area contributed by atoms with Gasteiger partial charge in [0.15, 0.2) is 0 Å². The third-order valence-corrected chi connectivity index (χ3v) is 3.56. The van der Waals surface area contributed by atoms with E-state index in [0.29, 0.717) is 6.04 Å². The average Bonchev–Trinajstić information content (AvgIpc) is 2.30. The van der Waals surface area contributed by atoms with Gasteiger partial charge in [0.1, 0.15) is 0 Å². The Labute approximate surface area is 104 Å². The molecule has 1 aliphatic rings. The second kappa shape index (κ2) is 5.19. The van der Waals surface area contributed by atoms with Gasteiger partial charge in [0.2, 0.25) is 0 Å². The van der Waals surface area contributed by atoms with Gasteiger partial charge < -0.3 is 10.4 Å². The summed E-state index contributed by atoms with van der Waals surface area (Å²) in [6.45, 7) is 4.86. The monoisotopic (exact) mass is 233 g/mol. The Morgan fingerprint density at radius 2 is 2.06 bits per heavy atom. The zero-order valence-corrected chi connectivity index (χ0v) is 10.9. The first-order chi connectivity index (χ1) is 8.07. The van der Waals surface area contributed by atoms with Gasteiger partial charge in [0.05, 0.1) is 5.60 Å². The molecule has 0 saturated carbocycles. The number of piperidine rings is 1. The number of rotatable bonds is 3. The molecule has 1 unspecified atom stereocenters. The summed E-state index contributed by atoms with van der Waals surface area (Å²) in [7, 11) is 0. The van der Waals surface area contributed by atoms with Gasteiger partial charge in [-0.1, -0.05) is 30.7 Å². The molecular formula is C15H23NO. The Kier molecular flexibility index (Phi) is 3.85. The summed E-state index contributed by atoms with van der Waals surface area (Å²) in [5.74, 6) is 0. The molecule has 1 aromatic rings. The molecule has 17 heavy (non-hydrogen) atoms. The summed E-state index contributed by atoms with van der Waals surface area (Å²) < 4.78 is 0. The van der Waals surface area contributed by atoms with Crippen molar-refractivity contribution in [2.45, 2.75) is 51.2 Å². The van der Waals surface area contributed by atoms with Crippen molar-refractivity contribution >= 4 is 0 Å². The largest absolute Gasteiger partial charge is 0.386 e. The van der Waals surface area contributed by atoms with Gasteiger partial charge in [-0.2, -0.15) is 0 Å². The highest BCUT2D eigenvalue weighted by atomic mass is 16.3. The Hall–Kier alpha value is -0.860. The van der Waals surface area contributed by atoms with Crippen LogP contribution < -0.4 is 5.32 Å². The van der Waals surface area contributed by atoms with E-state index in [1.807, 2.05) is 26.0 Å². The van der Waals surface area contributed by atoms with Crippen molar-refractivity contribution in [3.8, 4) is 0 Å². The minimum atomic E-state index is -0.745. The van der Waals surface area contributed by atoms with Crippen LogP contribution in [-0.4, -0.2) is 17.7 Å². The fraction of sp³-hybridized carbons (Fsp3) is 0.600. The van der Waals surface area contributed by atoms with Crippen LogP contribution in [0.3, 0.4) is 0 Å². The molecule has 0 aliphatic carbocycles. The van der Waals surface area contributed by atoms with E-state index in [1.165, 1.54) is 24.8 Å². The zero-order valence-electron chi connectivity index (χ0n) is 10.9. The lowest BCUT2D eigenvalue weighted by Gasteiger charge is -2.27. The molecule has 0 aromatic heterocycles. The van der Waals surface area contributed by atoms with Gasteiger partial charge in [-0.05, 0) is 50.8 Å². The Morgan fingerprint density at radius 3 is 2.71 bits per heavy atom. The third-order valence-electron chi connectivity index (χ3n) is 3.56. The summed E-state index contributed by atoms with van der Waals surface area (Å²) in [5, 5.41) is 13.7. The van der Waals surface area contributed by atoms with Gasteiger partial charge in [0.25, 0.3) is 0 Å².